The molecule has 0 spiro atoms. The molecule has 0 unspecified atom stereocenters. The molecule has 78 valence electrons. The summed E-state index contributed by atoms with van der Waals surface area (Å²) >= 11 is 1.68. The zero-order valence-electron chi connectivity index (χ0n) is 9.11. The summed E-state index contributed by atoms with van der Waals surface area (Å²) in [5, 5.41) is 10.5. The molecule has 14 heavy (non-hydrogen) atoms. The molecular weight excluding hydrogens is 194 g/mol. The van der Waals surface area contributed by atoms with Crippen LogP contribution in [0.4, 0.5) is 0 Å². The molecule has 0 amide bonds. The van der Waals surface area contributed by atoms with Gasteiger partial charge in [0.25, 0.3) is 0 Å². The van der Waals surface area contributed by atoms with Gasteiger partial charge in [-0.1, -0.05) is 26.8 Å². The smallest absolute Gasteiger partial charge is 0.102 e. The van der Waals surface area contributed by atoms with Gasteiger partial charge in [0.15, 0.2) is 0 Å². The second-order valence-corrected chi connectivity index (χ2v) is 6.10. The van der Waals surface area contributed by atoms with Crippen molar-refractivity contribution in [1.82, 2.24) is 4.98 Å². The van der Waals surface area contributed by atoms with Crippen LogP contribution in [0.5, 0.6) is 0 Å². The predicted molar refractivity (Wildman–Crippen MR) is 60.5 cm³/mol. The van der Waals surface area contributed by atoms with Crippen molar-refractivity contribution in [2.75, 3.05) is 0 Å². The lowest BCUT2D eigenvalue weighted by Crippen LogP contribution is -2.09. The van der Waals surface area contributed by atoms with Gasteiger partial charge in [-0.3, -0.25) is 0 Å². The first kappa shape index (κ1) is 11.5. The standard InChI is InChI=1S/C11H17NOS/c1-8(13)9-6-5-7-12-10(9)14-11(2,3)4/h5-8,13H,1-4H3/t8-/m1/s1. The quantitative estimate of drug-likeness (QED) is 0.763. The minimum absolute atomic E-state index is 0.123. The number of aliphatic hydroxyl groups is 1. The summed E-state index contributed by atoms with van der Waals surface area (Å²) in [5.74, 6) is 0. The van der Waals surface area contributed by atoms with Gasteiger partial charge in [-0.15, -0.1) is 11.8 Å². The summed E-state index contributed by atoms with van der Waals surface area (Å²) in [7, 11) is 0. The average molecular weight is 211 g/mol. The van der Waals surface area contributed by atoms with E-state index >= 15 is 0 Å². The van der Waals surface area contributed by atoms with Gasteiger partial charge in [0.05, 0.1) is 6.10 Å². The highest BCUT2D eigenvalue weighted by atomic mass is 32.2. The number of thioether (sulfide) groups is 1. The first-order valence-electron chi connectivity index (χ1n) is 4.72. The Morgan fingerprint density at radius 3 is 2.57 bits per heavy atom. The number of aliphatic hydroxyl groups excluding tert-OH is 1. The summed E-state index contributed by atoms with van der Waals surface area (Å²) in [6.07, 6.45) is 1.31. The Hall–Kier alpha value is -0.540. The Labute approximate surface area is 89.8 Å². The fraction of sp³-hybridized carbons (Fsp3) is 0.545. The fourth-order valence-corrected chi connectivity index (χ4v) is 2.15. The molecule has 1 aromatic rings. The zero-order valence-corrected chi connectivity index (χ0v) is 9.93. The largest absolute Gasteiger partial charge is 0.389 e. The summed E-state index contributed by atoms with van der Waals surface area (Å²) in [4.78, 5) is 4.29. The van der Waals surface area contributed by atoms with Crippen molar-refractivity contribution in [3.05, 3.63) is 23.9 Å². The molecule has 2 nitrogen and oxygen atoms in total. The van der Waals surface area contributed by atoms with Gasteiger partial charge in [-0.2, -0.15) is 0 Å². The Balaban J connectivity index is 2.96. The minimum atomic E-state index is -0.450. The van der Waals surface area contributed by atoms with Crippen molar-refractivity contribution in [3.8, 4) is 0 Å². The van der Waals surface area contributed by atoms with E-state index in [-0.39, 0.29) is 4.75 Å². The molecule has 0 aliphatic heterocycles. The number of rotatable bonds is 2. The maximum Gasteiger partial charge on any atom is 0.102 e. The molecule has 0 fully saturated rings. The first-order valence-corrected chi connectivity index (χ1v) is 5.54. The van der Waals surface area contributed by atoms with Crippen molar-refractivity contribution in [1.29, 1.82) is 0 Å². The van der Waals surface area contributed by atoms with E-state index in [9.17, 15) is 5.11 Å². The lowest BCUT2D eigenvalue weighted by Gasteiger charge is -2.19. The number of aromatic nitrogens is 1. The van der Waals surface area contributed by atoms with Gasteiger partial charge < -0.3 is 5.11 Å². The number of pyridine rings is 1. The van der Waals surface area contributed by atoms with Crippen LogP contribution in [0.3, 0.4) is 0 Å². The normalized spacial score (nSPS) is 14.1. The molecule has 0 aromatic carbocycles. The molecule has 1 atom stereocenters. The first-order chi connectivity index (χ1) is 6.40. The van der Waals surface area contributed by atoms with E-state index in [2.05, 4.69) is 25.8 Å². The Bertz CT molecular complexity index is 304. The number of nitrogens with zero attached hydrogens (tertiary/aromatic N) is 1. The summed E-state index contributed by atoms with van der Waals surface area (Å²) in [6.45, 7) is 8.18. The Morgan fingerprint density at radius 2 is 2.07 bits per heavy atom. The second kappa shape index (κ2) is 4.32. The van der Waals surface area contributed by atoms with Crippen molar-refractivity contribution in [2.24, 2.45) is 0 Å². The number of hydrogen-bond acceptors (Lipinski definition) is 3. The summed E-state index contributed by atoms with van der Waals surface area (Å²) < 4.78 is 0.123. The van der Waals surface area contributed by atoms with Gasteiger partial charge in [0.2, 0.25) is 0 Å². The molecule has 0 saturated carbocycles. The van der Waals surface area contributed by atoms with Crippen molar-refractivity contribution >= 4 is 11.8 Å². The topological polar surface area (TPSA) is 33.1 Å². The van der Waals surface area contributed by atoms with Crippen LogP contribution in [-0.4, -0.2) is 14.8 Å². The third-order valence-electron chi connectivity index (χ3n) is 1.65. The Kier molecular flexibility index (Phi) is 3.56. The molecule has 0 radical (unpaired) electrons. The van der Waals surface area contributed by atoms with Crippen LogP contribution < -0.4 is 0 Å². The van der Waals surface area contributed by atoms with E-state index < -0.39 is 6.10 Å². The molecule has 1 heterocycles. The lowest BCUT2D eigenvalue weighted by atomic mass is 10.2. The third-order valence-corrected chi connectivity index (χ3v) is 2.80. The molecule has 1 N–H and O–H groups in total. The lowest BCUT2D eigenvalue weighted by molar-refractivity contribution is 0.195. The molecule has 3 heteroatoms. The van der Waals surface area contributed by atoms with Gasteiger partial charge in [-0.25, -0.2) is 4.98 Å². The molecule has 0 aliphatic carbocycles. The molecule has 1 aromatic heterocycles. The van der Waals surface area contributed by atoms with E-state index in [1.54, 1.807) is 24.9 Å². The van der Waals surface area contributed by atoms with Crippen LogP contribution in [0.2, 0.25) is 0 Å². The van der Waals surface area contributed by atoms with Crippen molar-refractivity contribution in [3.63, 3.8) is 0 Å². The average Bonchev–Trinajstić information content (AvgIpc) is 2.01. The third kappa shape index (κ3) is 3.31. The van der Waals surface area contributed by atoms with Gasteiger partial charge in [-0.05, 0) is 13.0 Å². The minimum Gasteiger partial charge on any atom is -0.389 e. The van der Waals surface area contributed by atoms with Crippen LogP contribution >= 0.6 is 11.8 Å². The van der Waals surface area contributed by atoms with Crippen molar-refractivity contribution in [2.45, 2.75) is 43.6 Å². The van der Waals surface area contributed by atoms with Crippen LogP contribution in [0.1, 0.15) is 39.4 Å². The van der Waals surface area contributed by atoms with E-state index in [1.807, 2.05) is 12.1 Å². The van der Waals surface area contributed by atoms with E-state index in [1.165, 1.54) is 0 Å². The summed E-state index contributed by atoms with van der Waals surface area (Å²) in [6, 6.07) is 3.78. The van der Waals surface area contributed by atoms with Gasteiger partial charge in [0.1, 0.15) is 5.03 Å². The molecular formula is C11H17NOS. The Morgan fingerprint density at radius 1 is 1.43 bits per heavy atom. The van der Waals surface area contributed by atoms with E-state index in [4.69, 9.17) is 0 Å². The highest BCUT2D eigenvalue weighted by molar-refractivity contribution is 8.00. The maximum absolute atomic E-state index is 9.55. The van der Waals surface area contributed by atoms with Crippen LogP contribution in [0, 0.1) is 0 Å². The van der Waals surface area contributed by atoms with Crippen LogP contribution in [0.15, 0.2) is 23.4 Å². The molecule has 0 saturated heterocycles. The molecule has 0 aliphatic rings. The SMILES string of the molecule is C[C@@H](O)c1cccnc1SC(C)(C)C. The van der Waals surface area contributed by atoms with E-state index in [0.717, 1.165) is 10.6 Å². The predicted octanol–water partition coefficient (Wildman–Crippen LogP) is 3.03. The molecule has 0 bridgehead atoms. The zero-order chi connectivity index (χ0) is 10.8. The highest BCUT2D eigenvalue weighted by Gasteiger charge is 2.17. The van der Waals surface area contributed by atoms with Crippen molar-refractivity contribution < 1.29 is 5.11 Å². The monoisotopic (exact) mass is 211 g/mol. The number of hydrogen-bond donors (Lipinski definition) is 1. The molecule has 1 rings (SSSR count). The second-order valence-electron chi connectivity index (χ2n) is 4.29. The van der Waals surface area contributed by atoms with Crippen LogP contribution in [0.25, 0.3) is 0 Å². The van der Waals surface area contributed by atoms with Gasteiger partial charge >= 0.3 is 0 Å². The maximum atomic E-state index is 9.55. The van der Waals surface area contributed by atoms with Crippen LogP contribution in [-0.2, 0) is 0 Å². The van der Waals surface area contributed by atoms with E-state index in [0.29, 0.717) is 0 Å². The fourth-order valence-electron chi connectivity index (χ4n) is 1.10. The highest BCUT2D eigenvalue weighted by Crippen LogP contribution is 2.34. The van der Waals surface area contributed by atoms with Gasteiger partial charge in [0, 0.05) is 16.5 Å². The summed E-state index contributed by atoms with van der Waals surface area (Å²) in [5.41, 5.74) is 0.910.